The first-order valence-corrected chi connectivity index (χ1v) is 8.01. The number of Topliss-reactive ketones (excluding diaryl/α,β-unsaturated/α-hetero) is 1. The third-order valence-electron chi connectivity index (χ3n) is 3.56. The molecule has 0 aromatic carbocycles. The van der Waals surface area contributed by atoms with E-state index in [0.717, 1.165) is 5.56 Å². The third-order valence-corrected chi connectivity index (χ3v) is 3.56. The summed E-state index contributed by atoms with van der Waals surface area (Å²) in [6.45, 7) is 4.11. The summed E-state index contributed by atoms with van der Waals surface area (Å²) in [5.41, 5.74) is 1.92. The number of hydrogen-bond acceptors (Lipinski definition) is 5. The van der Waals surface area contributed by atoms with Crippen molar-refractivity contribution in [1.82, 2.24) is 24.7 Å². The zero-order valence-corrected chi connectivity index (χ0v) is 14.0. The Kier molecular flexibility index (Phi) is 4.69. The number of ketones is 1. The Bertz CT molecular complexity index is 920. The lowest BCUT2D eigenvalue weighted by Gasteiger charge is -2.06. The van der Waals surface area contributed by atoms with Gasteiger partial charge in [-0.05, 0) is 19.1 Å². The van der Waals surface area contributed by atoms with Crippen molar-refractivity contribution in [1.29, 1.82) is 0 Å². The topological polar surface area (TPSA) is 101 Å². The van der Waals surface area contributed by atoms with E-state index in [-0.39, 0.29) is 17.6 Å². The van der Waals surface area contributed by atoms with Gasteiger partial charge in [-0.15, -0.1) is 0 Å². The molecule has 0 unspecified atom stereocenters. The van der Waals surface area contributed by atoms with Crippen molar-refractivity contribution in [2.75, 3.05) is 11.9 Å². The van der Waals surface area contributed by atoms with E-state index < -0.39 is 0 Å². The van der Waals surface area contributed by atoms with Crippen LogP contribution < -0.4 is 10.6 Å². The van der Waals surface area contributed by atoms with Crippen molar-refractivity contribution in [3.8, 4) is 11.3 Å². The van der Waals surface area contributed by atoms with Crippen LogP contribution in [0.15, 0.2) is 36.8 Å². The lowest BCUT2D eigenvalue weighted by atomic mass is 10.2. The van der Waals surface area contributed by atoms with Crippen LogP contribution in [0, 0.1) is 0 Å². The molecule has 0 aliphatic rings. The molecule has 0 spiro atoms. The number of carbonyl (C=O) groups excluding carboxylic acids is 2. The highest BCUT2D eigenvalue weighted by Crippen LogP contribution is 2.21. The molecule has 0 fully saturated rings. The maximum absolute atomic E-state index is 12.3. The van der Waals surface area contributed by atoms with Crippen LogP contribution in [-0.4, -0.2) is 37.7 Å². The Morgan fingerprint density at radius 1 is 1.24 bits per heavy atom. The minimum atomic E-state index is -0.352. The van der Waals surface area contributed by atoms with Crippen LogP contribution in [-0.2, 0) is 0 Å². The van der Waals surface area contributed by atoms with Crippen LogP contribution in [0.2, 0.25) is 0 Å². The largest absolute Gasteiger partial charge is 0.338 e. The Hall–Kier alpha value is -3.29. The highest BCUT2D eigenvalue weighted by Gasteiger charge is 2.16. The molecule has 0 atom stereocenters. The predicted molar refractivity (Wildman–Crippen MR) is 93.5 cm³/mol. The highest BCUT2D eigenvalue weighted by atomic mass is 16.2. The lowest BCUT2D eigenvalue weighted by Crippen LogP contribution is -2.28. The first-order chi connectivity index (χ1) is 12.1. The quantitative estimate of drug-likeness (QED) is 0.696. The van der Waals surface area contributed by atoms with Gasteiger partial charge in [0.25, 0.3) is 0 Å². The average Bonchev–Trinajstić information content (AvgIpc) is 3.03. The van der Waals surface area contributed by atoms with Crippen molar-refractivity contribution in [3.05, 3.63) is 42.6 Å². The number of urea groups is 1. The average molecular weight is 338 g/mol. The lowest BCUT2D eigenvalue weighted by molar-refractivity contribution is 0.0977. The summed E-state index contributed by atoms with van der Waals surface area (Å²) in [6, 6.07) is 5.07. The van der Waals surface area contributed by atoms with Gasteiger partial charge in [0.15, 0.2) is 17.4 Å². The number of amides is 2. The Morgan fingerprint density at radius 3 is 2.76 bits per heavy atom. The molecule has 3 aromatic rings. The van der Waals surface area contributed by atoms with Gasteiger partial charge in [-0.25, -0.2) is 14.8 Å². The van der Waals surface area contributed by atoms with Gasteiger partial charge in [-0.1, -0.05) is 6.92 Å². The molecule has 0 radical (unpaired) electrons. The molecule has 3 heterocycles. The molecular weight excluding hydrogens is 320 g/mol. The van der Waals surface area contributed by atoms with Crippen molar-refractivity contribution in [3.63, 3.8) is 0 Å². The number of hydrogen-bond donors (Lipinski definition) is 2. The van der Waals surface area contributed by atoms with Crippen LogP contribution in [0.25, 0.3) is 16.9 Å². The molecule has 8 heteroatoms. The summed E-state index contributed by atoms with van der Waals surface area (Å²) in [6.07, 6.45) is 5.25. The standard InChI is InChI=1S/C17H18N6O2/c1-3-13(24)16-20-12(11-6-5-7-18-9-11)8-15-21-14(10-23(15)16)22-17(25)19-4-2/h5-10H,3-4H2,1-2H3,(H2,19,22,25). The van der Waals surface area contributed by atoms with E-state index in [1.54, 1.807) is 42.0 Å². The summed E-state index contributed by atoms with van der Waals surface area (Å²) in [5, 5.41) is 5.28. The summed E-state index contributed by atoms with van der Waals surface area (Å²) in [5.74, 6) is 0.509. The van der Waals surface area contributed by atoms with E-state index in [4.69, 9.17) is 0 Å². The van der Waals surface area contributed by atoms with E-state index in [9.17, 15) is 9.59 Å². The molecule has 3 aromatic heterocycles. The number of imidazole rings is 1. The number of anilines is 1. The zero-order chi connectivity index (χ0) is 17.8. The van der Waals surface area contributed by atoms with Crippen molar-refractivity contribution >= 4 is 23.3 Å². The fraction of sp³-hybridized carbons (Fsp3) is 0.235. The molecule has 3 rings (SSSR count). The van der Waals surface area contributed by atoms with Gasteiger partial charge < -0.3 is 5.32 Å². The summed E-state index contributed by atoms with van der Waals surface area (Å²) < 4.78 is 1.59. The summed E-state index contributed by atoms with van der Waals surface area (Å²) in [7, 11) is 0. The predicted octanol–water partition coefficient (Wildman–Crippen LogP) is 2.53. The van der Waals surface area contributed by atoms with Gasteiger partial charge in [-0.3, -0.25) is 19.5 Å². The fourth-order valence-electron chi connectivity index (χ4n) is 2.39. The minimum absolute atomic E-state index is 0.113. The molecule has 25 heavy (non-hydrogen) atoms. The highest BCUT2D eigenvalue weighted by molar-refractivity contribution is 5.94. The number of carbonyl (C=O) groups is 2. The molecule has 2 amide bonds. The Morgan fingerprint density at radius 2 is 2.08 bits per heavy atom. The summed E-state index contributed by atoms with van der Waals surface area (Å²) in [4.78, 5) is 36.9. The number of nitrogens with zero attached hydrogens (tertiary/aromatic N) is 4. The van der Waals surface area contributed by atoms with E-state index in [1.165, 1.54) is 0 Å². The maximum atomic E-state index is 12.3. The van der Waals surface area contributed by atoms with Gasteiger partial charge in [0.2, 0.25) is 0 Å². The first kappa shape index (κ1) is 16.6. The van der Waals surface area contributed by atoms with Gasteiger partial charge >= 0.3 is 6.03 Å². The number of rotatable bonds is 5. The molecular formula is C17H18N6O2. The number of fused-ring (bicyclic) bond motifs is 1. The van der Waals surface area contributed by atoms with Gasteiger partial charge in [-0.2, -0.15) is 0 Å². The first-order valence-electron chi connectivity index (χ1n) is 8.01. The second kappa shape index (κ2) is 7.08. The maximum Gasteiger partial charge on any atom is 0.320 e. The van der Waals surface area contributed by atoms with E-state index in [2.05, 4.69) is 25.6 Å². The minimum Gasteiger partial charge on any atom is -0.338 e. The van der Waals surface area contributed by atoms with Crippen molar-refractivity contribution < 1.29 is 9.59 Å². The number of aromatic nitrogens is 4. The molecule has 8 nitrogen and oxygen atoms in total. The third kappa shape index (κ3) is 3.47. The second-order valence-electron chi connectivity index (χ2n) is 5.32. The van der Waals surface area contributed by atoms with E-state index in [0.29, 0.717) is 30.1 Å². The molecule has 0 saturated carbocycles. The smallest absolute Gasteiger partial charge is 0.320 e. The van der Waals surface area contributed by atoms with Crippen LogP contribution in [0.3, 0.4) is 0 Å². The zero-order valence-electron chi connectivity index (χ0n) is 14.0. The molecule has 0 aliphatic carbocycles. The Labute approximate surface area is 144 Å². The van der Waals surface area contributed by atoms with Crippen molar-refractivity contribution in [2.24, 2.45) is 0 Å². The number of pyridine rings is 1. The van der Waals surface area contributed by atoms with Crippen molar-refractivity contribution in [2.45, 2.75) is 20.3 Å². The van der Waals surface area contributed by atoms with Crippen LogP contribution in [0.4, 0.5) is 10.6 Å². The fourth-order valence-corrected chi connectivity index (χ4v) is 2.39. The number of nitrogens with one attached hydrogen (secondary N) is 2. The van der Waals surface area contributed by atoms with Crippen LogP contribution in [0.5, 0.6) is 0 Å². The normalized spacial score (nSPS) is 10.6. The second-order valence-corrected chi connectivity index (χ2v) is 5.32. The van der Waals surface area contributed by atoms with Gasteiger partial charge in [0, 0.05) is 37.0 Å². The van der Waals surface area contributed by atoms with Gasteiger partial charge in [0.05, 0.1) is 11.9 Å². The molecule has 0 aliphatic heterocycles. The SMILES string of the molecule is CCNC(=O)Nc1cn2c(C(=O)CC)nc(-c3cccnc3)cc2n1. The molecule has 2 N–H and O–H groups in total. The monoisotopic (exact) mass is 338 g/mol. The Balaban J connectivity index is 2.10. The molecule has 0 bridgehead atoms. The van der Waals surface area contributed by atoms with Crippen LogP contribution >= 0.6 is 0 Å². The van der Waals surface area contributed by atoms with E-state index in [1.807, 2.05) is 13.0 Å². The molecule has 0 saturated heterocycles. The summed E-state index contributed by atoms with van der Waals surface area (Å²) >= 11 is 0. The van der Waals surface area contributed by atoms with Gasteiger partial charge in [0.1, 0.15) is 5.65 Å². The molecule has 128 valence electrons. The van der Waals surface area contributed by atoms with Crippen LogP contribution in [0.1, 0.15) is 30.9 Å². The van der Waals surface area contributed by atoms with E-state index >= 15 is 0 Å².